The molecular weight excluding hydrogens is 463 g/mol. The van der Waals surface area contributed by atoms with Crippen LogP contribution in [0.2, 0.25) is 0 Å². The van der Waals surface area contributed by atoms with Crippen LogP contribution in [0.3, 0.4) is 0 Å². The summed E-state index contributed by atoms with van der Waals surface area (Å²) in [7, 11) is 1.59. The first-order valence-corrected chi connectivity index (χ1v) is 11.6. The molecule has 0 saturated heterocycles. The number of rotatable bonds is 7. The number of nitrogens with one attached hydrogen (secondary N) is 3. The van der Waals surface area contributed by atoms with Crippen molar-refractivity contribution in [2.24, 2.45) is 0 Å². The lowest BCUT2D eigenvalue weighted by Crippen LogP contribution is -2.19. The van der Waals surface area contributed by atoms with Crippen molar-refractivity contribution in [1.29, 1.82) is 0 Å². The lowest BCUT2D eigenvalue weighted by molar-refractivity contribution is -0.113. The Kier molecular flexibility index (Phi) is 7.06. The number of carbonyl (C=O) groups is 2. The van der Waals surface area contributed by atoms with Crippen LogP contribution in [-0.2, 0) is 4.79 Å². The normalized spacial score (nSPS) is 10.6. The number of nitrogens with zero attached hydrogens (tertiary/aromatic N) is 1. The topological polar surface area (TPSA) is 92.3 Å². The molecule has 10 heteroatoms. The number of urea groups is 1. The molecule has 0 atom stereocenters. The standard InChI is InChI=1S/C23H19FN4O3S2/c1-31-18-8-5-15(6-9-18)25-21(29)13-32-23-28-19-10-7-17(12-20(19)33-23)27-22(30)26-16-4-2-3-14(24)11-16/h2-12H,13H2,1H3,(H,25,29)(H2,26,27,30). The summed E-state index contributed by atoms with van der Waals surface area (Å²) < 4.78 is 20.0. The van der Waals surface area contributed by atoms with Crippen LogP contribution < -0.4 is 20.7 Å². The molecule has 4 aromatic rings. The molecule has 33 heavy (non-hydrogen) atoms. The number of amides is 3. The highest BCUT2D eigenvalue weighted by molar-refractivity contribution is 8.01. The van der Waals surface area contributed by atoms with E-state index in [0.717, 1.165) is 20.3 Å². The van der Waals surface area contributed by atoms with Crippen molar-refractivity contribution in [3.63, 3.8) is 0 Å². The van der Waals surface area contributed by atoms with Gasteiger partial charge in [0.1, 0.15) is 11.6 Å². The van der Waals surface area contributed by atoms with E-state index in [4.69, 9.17) is 4.74 Å². The first-order chi connectivity index (χ1) is 16.0. The van der Waals surface area contributed by atoms with Crippen LogP contribution in [0.4, 0.5) is 26.2 Å². The Hall–Kier alpha value is -3.63. The average Bonchev–Trinajstić information content (AvgIpc) is 3.20. The number of benzene rings is 3. The molecule has 0 aliphatic carbocycles. The van der Waals surface area contributed by atoms with Gasteiger partial charge in [0.05, 0.1) is 23.1 Å². The Bertz CT molecular complexity index is 1290. The van der Waals surface area contributed by atoms with Crippen LogP contribution in [0.15, 0.2) is 71.1 Å². The second-order valence-electron chi connectivity index (χ2n) is 6.82. The third kappa shape index (κ3) is 6.21. The molecule has 0 fully saturated rings. The lowest BCUT2D eigenvalue weighted by atomic mass is 10.3. The lowest BCUT2D eigenvalue weighted by Gasteiger charge is -2.07. The highest BCUT2D eigenvalue weighted by Crippen LogP contribution is 2.31. The molecule has 0 saturated carbocycles. The van der Waals surface area contributed by atoms with E-state index in [9.17, 15) is 14.0 Å². The SMILES string of the molecule is COc1ccc(NC(=O)CSc2nc3ccc(NC(=O)Nc4cccc(F)c4)cc3s2)cc1. The van der Waals surface area contributed by atoms with Crippen molar-refractivity contribution in [3.05, 3.63) is 72.5 Å². The molecule has 3 amide bonds. The zero-order valence-electron chi connectivity index (χ0n) is 17.4. The molecule has 168 valence electrons. The second-order valence-corrected chi connectivity index (χ2v) is 9.07. The molecule has 3 N–H and O–H groups in total. The van der Waals surface area contributed by atoms with Crippen LogP contribution in [0, 0.1) is 5.82 Å². The minimum atomic E-state index is -0.478. The molecule has 0 aliphatic heterocycles. The number of aromatic nitrogens is 1. The van der Waals surface area contributed by atoms with Gasteiger partial charge in [-0.15, -0.1) is 11.3 Å². The van der Waals surface area contributed by atoms with Gasteiger partial charge in [-0.3, -0.25) is 4.79 Å². The van der Waals surface area contributed by atoms with Gasteiger partial charge in [0, 0.05) is 17.1 Å². The number of hydrogen-bond donors (Lipinski definition) is 3. The largest absolute Gasteiger partial charge is 0.497 e. The van der Waals surface area contributed by atoms with Crippen LogP contribution in [0.1, 0.15) is 0 Å². The number of anilines is 3. The Morgan fingerprint density at radius 3 is 2.42 bits per heavy atom. The van der Waals surface area contributed by atoms with Crippen molar-refractivity contribution in [2.75, 3.05) is 28.8 Å². The number of ether oxygens (including phenoxy) is 1. The maximum atomic E-state index is 13.3. The number of carbonyl (C=O) groups excluding carboxylic acids is 2. The smallest absolute Gasteiger partial charge is 0.323 e. The molecule has 0 bridgehead atoms. The molecule has 0 radical (unpaired) electrons. The van der Waals surface area contributed by atoms with Crippen LogP contribution >= 0.6 is 23.1 Å². The number of hydrogen-bond acceptors (Lipinski definition) is 6. The summed E-state index contributed by atoms with van der Waals surface area (Å²) in [4.78, 5) is 29.0. The van der Waals surface area contributed by atoms with E-state index in [1.54, 1.807) is 55.6 Å². The Morgan fingerprint density at radius 1 is 0.970 bits per heavy atom. The van der Waals surface area contributed by atoms with E-state index in [1.807, 2.05) is 0 Å². The van der Waals surface area contributed by atoms with E-state index in [2.05, 4.69) is 20.9 Å². The summed E-state index contributed by atoms with van der Waals surface area (Å²) in [6.07, 6.45) is 0. The summed E-state index contributed by atoms with van der Waals surface area (Å²) in [5, 5.41) is 8.14. The molecule has 0 aliphatic rings. The summed E-state index contributed by atoms with van der Waals surface area (Å²) in [5.74, 6) is 0.368. The fourth-order valence-corrected chi connectivity index (χ4v) is 4.81. The number of halogens is 1. The maximum absolute atomic E-state index is 13.3. The first-order valence-electron chi connectivity index (χ1n) is 9.79. The summed E-state index contributed by atoms with van der Waals surface area (Å²) >= 11 is 2.77. The van der Waals surface area contributed by atoms with E-state index in [0.29, 0.717) is 17.1 Å². The Morgan fingerprint density at radius 2 is 1.70 bits per heavy atom. The van der Waals surface area contributed by atoms with E-state index < -0.39 is 11.8 Å². The highest BCUT2D eigenvalue weighted by Gasteiger charge is 2.10. The fourth-order valence-electron chi connectivity index (χ4n) is 2.90. The van der Waals surface area contributed by atoms with Crippen molar-refractivity contribution in [2.45, 2.75) is 4.34 Å². The number of thioether (sulfide) groups is 1. The van der Waals surface area contributed by atoms with Gasteiger partial charge in [-0.2, -0.15) is 0 Å². The van der Waals surface area contributed by atoms with Gasteiger partial charge in [-0.1, -0.05) is 17.8 Å². The average molecular weight is 483 g/mol. The highest BCUT2D eigenvalue weighted by atomic mass is 32.2. The molecule has 0 spiro atoms. The molecule has 3 aromatic carbocycles. The van der Waals surface area contributed by atoms with Gasteiger partial charge in [0.25, 0.3) is 0 Å². The van der Waals surface area contributed by atoms with Crippen molar-refractivity contribution < 1.29 is 18.7 Å². The predicted molar refractivity (Wildman–Crippen MR) is 131 cm³/mol. The Balaban J connectivity index is 1.33. The van der Waals surface area contributed by atoms with Crippen LogP contribution in [0.25, 0.3) is 10.2 Å². The van der Waals surface area contributed by atoms with Crippen LogP contribution in [0.5, 0.6) is 5.75 Å². The van der Waals surface area contributed by atoms with Gasteiger partial charge in [-0.25, -0.2) is 14.2 Å². The molecule has 1 heterocycles. The third-order valence-corrected chi connectivity index (χ3v) is 6.57. The quantitative estimate of drug-likeness (QED) is 0.289. The van der Waals surface area contributed by atoms with Crippen molar-refractivity contribution >= 4 is 62.3 Å². The first kappa shape index (κ1) is 22.6. The van der Waals surface area contributed by atoms with Gasteiger partial charge >= 0.3 is 6.03 Å². The molecule has 0 unspecified atom stereocenters. The zero-order valence-corrected chi connectivity index (χ0v) is 19.1. The van der Waals surface area contributed by atoms with Gasteiger partial charge in [0.15, 0.2) is 4.34 Å². The second kappa shape index (κ2) is 10.3. The van der Waals surface area contributed by atoms with Gasteiger partial charge < -0.3 is 20.7 Å². The molecular formula is C23H19FN4O3S2. The predicted octanol–water partition coefficient (Wildman–Crippen LogP) is 5.82. The van der Waals surface area contributed by atoms with Gasteiger partial charge in [-0.05, 0) is 60.7 Å². The molecule has 7 nitrogen and oxygen atoms in total. The minimum absolute atomic E-state index is 0.138. The molecule has 1 aromatic heterocycles. The Labute approximate surface area is 197 Å². The van der Waals surface area contributed by atoms with Crippen molar-refractivity contribution in [3.8, 4) is 5.75 Å². The number of methoxy groups -OCH3 is 1. The van der Waals surface area contributed by atoms with E-state index in [-0.39, 0.29) is 11.7 Å². The summed E-state index contributed by atoms with van der Waals surface area (Å²) in [5.41, 5.74) is 2.40. The van der Waals surface area contributed by atoms with Crippen molar-refractivity contribution in [1.82, 2.24) is 4.98 Å². The fraction of sp³-hybridized carbons (Fsp3) is 0.0870. The molecule has 4 rings (SSSR count). The summed E-state index contributed by atoms with van der Waals surface area (Å²) in [6.45, 7) is 0. The monoisotopic (exact) mass is 482 g/mol. The minimum Gasteiger partial charge on any atom is -0.497 e. The van der Waals surface area contributed by atoms with Gasteiger partial charge in [0.2, 0.25) is 5.91 Å². The third-order valence-electron chi connectivity index (χ3n) is 4.41. The number of fused-ring (bicyclic) bond motifs is 1. The van der Waals surface area contributed by atoms with E-state index in [1.165, 1.54) is 41.3 Å². The summed E-state index contributed by atoms with van der Waals surface area (Å²) in [6, 6.07) is 17.6. The zero-order chi connectivity index (χ0) is 23.2. The number of thiazole rings is 1. The van der Waals surface area contributed by atoms with Crippen LogP contribution in [-0.4, -0.2) is 29.8 Å². The van der Waals surface area contributed by atoms with E-state index >= 15 is 0 Å². The maximum Gasteiger partial charge on any atom is 0.323 e.